The van der Waals surface area contributed by atoms with E-state index >= 15 is 0 Å². The molecule has 0 aliphatic rings. The molecule has 0 unspecified atom stereocenters. The summed E-state index contributed by atoms with van der Waals surface area (Å²) in [5.41, 5.74) is 2.07. The molecule has 1 rings (SSSR count). The third-order valence-corrected chi connectivity index (χ3v) is 2.46. The van der Waals surface area contributed by atoms with Gasteiger partial charge in [0, 0.05) is 6.42 Å². The molecule has 0 aromatic heterocycles. The second-order valence-electron chi connectivity index (χ2n) is 2.95. The fraction of sp³-hybridized carbons (Fsp3) is 0.300. The van der Waals surface area contributed by atoms with Crippen LogP contribution in [0.25, 0.3) is 0 Å². The first-order chi connectivity index (χ1) is 7.24. The SMILES string of the molecule is NNC(=O)CCCOc1ccccc1Br. The third kappa shape index (κ3) is 4.31. The van der Waals surface area contributed by atoms with Crippen molar-refractivity contribution in [3.05, 3.63) is 28.7 Å². The normalized spacial score (nSPS) is 9.73. The van der Waals surface area contributed by atoms with E-state index < -0.39 is 0 Å². The van der Waals surface area contributed by atoms with Crippen molar-refractivity contribution in [2.24, 2.45) is 5.84 Å². The van der Waals surface area contributed by atoms with Crippen molar-refractivity contribution in [3.8, 4) is 5.75 Å². The van der Waals surface area contributed by atoms with Crippen LogP contribution in [0.1, 0.15) is 12.8 Å². The van der Waals surface area contributed by atoms with Crippen molar-refractivity contribution in [1.82, 2.24) is 5.43 Å². The van der Waals surface area contributed by atoms with Crippen LogP contribution in [-0.4, -0.2) is 12.5 Å². The molecule has 0 bridgehead atoms. The number of ether oxygens (including phenoxy) is 1. The highest BCUT2D eigenvalue weighted by atomic mass is 79.9. The number of hydrogen-bond acceptors (Lipinski definition) is 3. The van der Waals surface area contributed by atoms with Gasteiger partial charge in [0.05, 0.1) is 11.1 Å². The van der Waals surface area contributed by atoms with Crippen LogP contribution >= 0.6 is 15.9 Å². The van der Waals surface area contributed by atoms with Gasteiger partial charge < -0.3 is 4.74 Å². The van der Waals surface area contributed by atoms with E-state index in [9.17, 15) is 4.79 Å². The van der Waals surface area contributed by atoms with Gasteiger partial charge in [-0.3, -0.25) is 10.2 Å². The molecule has 1 amide bonds. The van der Waals surface area contributed by atoms with Gasteiger partial charge >= 0.3 is 0 Å². The molecule has 0 saturated carbocycles. The fourth-order valence-electron chi connectivity index (χ4n) is 1.05. The Kier molecular flexibility index (Phi) is 5.14. The van der Waals surface area contributed by atoms with Gasteiger partial charge in [-0.2, -0.15) is 0 Å². The van der Waals surface area contributed by atoms with Crippen molar-refractivity contribution in [3.63, 3.8) is 0 Å². The maximum atomic E-state index is 10.8. The molecule has 0 aliphatic heterocycles. The first-order valence-corrected chi connectivity index (χ1v) is 5.40. The Balaban J connectivity index is 2.26. The molecule has 1 aromatic rings. The lowest BCUT2D eigenvalue weighted by Crippen LogP contribution is -2.29. The van der Waals surface area contributed by atoms with Crippen LogP contribution in [0.4, 0.5) is 0 Å². The molecular formula is C10H13BrN2O2. The summed E-state index contributed by atoms with van der Waals surface area (Å²) in [5.74, 6) is 5.55. The van der Waals surface area contributed by atoms with Crippen LogP contribution in [0.15, 0.2) is 28.7 Å². The lowest BCUT2D eigenvalue weighted by atomic mass is 10.3. The summed E-state index contributed by atoms with van der Waals surface area (Å²) < 4.78 is 6.37. The molecule has 15 heavy (non-hydrogen) atoms. The van der Waals surface area contributed by atoms with E-state index in [0.29, 0.717) is 19.4 Å². The number of nitrogens with one attached hydrogen (secondary N) is 1. The van der Waals surface area contributed by atoms with Gasteiger partial charge in [0.1, 0.15) is 5.75 Å². The summed E-state index contributed by atoms with van der Waals surface area (Å²) in [4.78, 5) is 10.8. The molecule has 0 spiro atoms. The summed E-state index contributed by atoms with van der Waals surface area (Å²) in [7, 11) is 0. The molecule has 0 radical (unpaired) electrons. The molecule has 0 saturated heterocycles. The van der Waals surface area contributed by atoms with Gasteiger partial charge in [0.2, 0.25) is 5.91 Å². The number of rotatable bonds is 5. The lowest BCUT2D eigenvalue weighted by Gasteiger charge is -2.07. The largest absolute Gasteiger partial charge is 0.492 e. The van der Waals surface area contributed by atoms with E-state index in [1.165, 1.54) is 0 Å². The Hall–Kier alpha value is -1.07. The zero-order valence-electron chi connectivity index (χ0n) is 8.20. The minimum atomic E-state index is -0.175. The predicted molar refractivity (Wildman–Crippen MR) is 61.2 cm³/mol. The van der Waals surface area contributed by atoms with Gasteiger partial charge in [-0.15, -0.1) is 0 Å². The quantitative estimate of drug-likeness (QED) is 0.370. The number of benzene rings is 1. The monoisotopic (exact) mass is 272 g/mol. The van der Waals surface area contributed by atoms with Crippen LogP contribution in [0.2, 0.25) is 0 Å². The summed E-state index contributed by atoms with van der Waals surface area (Å²) in [6.45, 7) is 0.496. The van der Waals surface area contributed by atoms with Crippen LogP contribution in [0.3, 0.4) is 0 Å². The minimum Gasteiger partial charge on any atom is -0.492 e. The Morgan fingerprint density at radius 1 is 1.47 bits per heavy atom. The number of hydrazine groups is 1. The van der Waals surface area contributed by atoms with E-state index in [2.05, 4.69) is 21.4 Å². The second-order valence-corrected chi connectivity index (χ2v) is 3.80. The zero-order chi connectivity index (χ0) is 11.1. The maximum absolute atomic E-state index is 10.8. The standard InChI is InChI=1S/C10H13BrN2O2/c11-8-4-1-2-5-9(8)15-7-3-6-10(14)13-12/h1-2,4-5H,3,6-7,12H2,(H,13,14). The van der Waals surface area contributed by atoms with Gasteiger partial charge in [0.15, 0.2) is 0 Å². The zero-order valence-corrected chi connectivity index (χ0v) is 9.79. The molecule has 1 aromatic carbocycles. The Bertz CT molecular complexity index is 331. The molecule has 5 heteroatoms. The molecular weight excluding hydrogens is 260 g/mol. The summed E-state index contributed by atoms with van der Waals surface area (Å²) in [6, 6.07) is 7.58. The van der Waals surface area contributed by atoms with Crippen molar-refractivity contribution < 1.29 is 9.53 Å². The molecule has 4 nitrogen and oxygen atoms in total. The van der Waals surface area contributed by atoms with Crippen LogP contribution in [0.5, 0.6) is 5.75 Å². The van der Waals surface area contributed by atoms with E-state index in [1.807, 2.05) is 24.3 Å². The van der Waals surface area contributed by atoms with Crippen LogP contribution < -0.4 is 16.0 Å². The number of hydrogen-bond donors (Lipinski definition) is 2. The topological polar surface area (TPSA) is 64.3 Å². The molecule has 0 aliphatic carbocycles. The van der Waals surface area contributed by atoms with Crippen molar-refractivity contribution in [2.45, 2.75) is 12.8 Å². The van der Waals surface area contributed by atoms with E-state index in [-0.39, 0.29) is 5.91 Å². The predicted octanol–water partition coefficient (Wildman–Crippen LogP) is 1.60. The average Bonchev–Trinajstić information content (AvgIpc) is 2.26. The van der Waals surface area contributed by atoms with E-state index in [0.717, 1.165) is 10.2 Å². The van der Waals surface area contributed by atoms with Gasteiger partial charge in [-0.25, -0.2) is 5.84 Å². The molecule has 0 atom stereocenters. The van der Waals surface area contributed by atoms with Gasteiger partial charge in [-0.1, -0.05) is 12.1 Å². The average molecular weight is 273 g/mol. The minimum absolute atomic E-state index is 0.175. The highest BCUT2D eigenvalue weighted by molar-refractivity contribution is 9.10. The smallest absolute Gasteiger partial charge is 0.234 e. The van der Waals surface area contributed by atoms with Gasteiger partial charge in [-0.05, 0) is 34.5 Å². The second kappa shape index (κ2) is 6.42. The highest BCUT2D eigenvalue weighted by Gasteiger charge is 2.00. The first kappa shape index (κ1) is 12.0. The Morgan fingerprint density at radius 3 is 2.87 bits per heavy atom. The number of halogens is 1. The summed E-state index contributed by atoms with van der Waals surface area (Å²) >= 11 is 3.37. The van der Waals surface area contributed by atoms with Gasteiger partial charge in [0.25, 0.3) is 0 Å². The summed E-state index contributed by atoms with van der Waals surface area (Å²) in [5, 5.41) is 0. The Morgan fingerprint density at radius 2 is 2.20 bits per heavy atom. The van der Waals surface area contributed by atoms with Crippen molar-refractivity contribution >= 4 is 21.8 Å². The number of amides is 1. The lowest BCUT2D eigenvalue weighted by molar-refractivity contribution is -0.121. The van der Waals surface area contributed by atoms with Crippen LogP contribution in [0, 0.1) is 0 Å². The number of carbonyl (C=O) groups is 1. The number of carbonyl (C=O) groups excluding carboxylic acids is 1. The highest BCUT2D eigenvalue weighted by Crippen LogP contribution is 2.23. The van der Waals surface area contributed by atoms with Crippen LogP contribution in [-0.2, 0) is 4.79 Å². The third-order valence-electron chi connectivity index (χ3n) is 1.80. The fourth-order valence-corrected chi connectivity index (χ4v) is 1.45. The first-order valence-electron chi connectivity index (χ1n) is 4.61. The van der Waals surface area contributed by atoms with E-state index in [1.54, 1.807) is 0 Å². The van der Waals surface area contributed by atoms with E-state index in [4.69, 9.17) is 10.6 Å². The number of para-hydroxylation sites is 1. The molecule has 82 valence electrons. The number of nitrogens with two attached hydrogens (primary N) is 1. The molecule has 0 heterocycles. The molecule has 0 fully saturated rings. The Labute approximate surface area is 96.9 Å². The summed E-state index contributed by atoms with van der Waals surface area (Å²) in [6.07, 6.45) is 1.02. The van der Waals surface area contributed by atoms with Crippen molar-refractivity contribution in [1.29, 1.82) is 0 Å². The molecule has 3 N–H and O–H groups in total. The maximum Gasteiger partial charge on any atom is 0.234 e. The van der Waals surface area contributed by atoms with Crippen molar-refractivity contribution in [2.75, 3.05) is 6.61 Å².